The van der Waals surface area contributed by atoms with Crippen LogP contribution in [0.5, 0.6) is 0 Å². The van der Waals surface area contributed by atoms with Gasteiger partial charge in [-0.25, -0.2) is 9.97 Å². The zero-order valence-electron chi connectivity index (χ0n) is 16.3. The smallest absolute Gasteiger partial charge is 0.261 e. The number of hydrogen-bond acceptors (Lipinski definition) is 4. The van der Waals surface area contributed by atoms with Crippen molar-refractivity contribution in [2.75, 3.05) is 0 Å². The molecule has 2 aliphatic carbocycles. The van der Waals surface area contributed by atoms with Crippen LogP contribution in [0.25, 0.3) is 10.9 Å². The van der Waals surface area contributed by atoms with Crippen LogP contribution in [0.3, 0.4) is 0 Å². The molecule has 0 amide bonds. The summed E-state index contributed by atoms with van der Waals surface area (Å²) in [4.78, 5) is 22.3. The van der Waals surface area contributed by atoms with Gasteiger partial charge in [0, 0.05) is 6.20 Å². The van der Waals surface area contributed by atoms with Crippen molar-refractivity contribution in [3.63, 3.8) is 0 Å². The molecule has 0 bridgehead atoms. The maximum absolute atomic E-state index is 13.4. The van der Waals surface area contributed by atoms with E-state index >= 15 is 0 Å². The minimum absolute atomic E-state index is 0.0360. The second kappa shape index (κ2) is 7.54. The molecule has 5 rings (SSSR count). The Morgan fingerprint density at radius 1 is 1.10 bits per heavy atom. The standard InChI is InChI=1S/C23H24ClN3O2/c24-21-9-8-14(12-25-21)10-15-11-18-22(17-5-3-4-16(15)17)26-13-27(23(18)29)19-6-1-2-7-20(19)28/h8-9,11-13,19-20,28H,1-7,10H2/t19-,20-/m0/s1. The SMILES string of the molecule is O=c1c2cc(Cc3ccc(Cl)nc3)c3c(c2ncn1[C@H]1CCCC[C@@H]1O)CCC3. The maximum atomic E-state index is 13.4. The Balaban J connectivity index is 1.63. The van der Waals surface area contributed by atoms with E-state index in [9.17, 15) is 9.90 Å². The number of aromatic nitrogens is 3. The van der Waals surface area contributed by atoms with Gasteiger partial charge in [-0.1, -0.05) is 30.5 Å². The van der Waals surface area contributed by atoms with E-state index in [1.807, 2.05) is 12.1 Å². The zero-order valence-corrected chi connectivity index (χ0v) is 17.0. The quantitative estimate of drug-likeness (QED) is 0.664. The Kier molecular flexibility index (Phi) is 4.88. The molecule has 0 saturated heterocycles. The van der Waals surface area contributed by atoms with Crippen LogP contribution in [0.4, 0.5) is 0 Å². The average Bonchev–Trinajstić information content (AvgIpc) is 3.22. The third-order valence-electron chi connectivity index (χ3n) is 6.48. The van der Waals surface area contributed by atoms with E-state index in [0.717, 1.165) is 62.4 Å². The number of hydrogen-bond donors (Lipinski definition) is 1. The van der Waals surface area contributed by atoms with Crippen molar-refractivity contribution >= 4 is 22.5 Å². The van der Waals surface area contributed by atoms with E-state index in [0.29, 0.717) is 10.5 Å². The van der Waals surface area contributed by atoms with E-state index < -0.39 is 6.10 Å². The highest BCUT2D eigenvalue weighted by Gasteiger charge is 2.27. The summed E-state index contributed by atoms with van der Waals surface area (Å²) in [7, 11) is 0. The molecule has 1 saturated carbocycles. The van der Waals surface area contributed by atoms with Gasteiger partial charge in [0.05, 0.1) is 29.4 Å². The van der Waals surface area contributed by atoms with Gasteiger partial charge in [-0.2, -0.15) is 0 Å². The molecule has 0 spiro atoms. The lowest BCUT2D eigenvalue weighted by molar-refractivity contribution is 0.0735. The highest BCUT2D eigenvalue weighted by atomic mass is 35.5. The number of aliphatic hydroxyl groups is 1. The summed E-state index contributed by atoms with van der Waals surface area (Å²) in [5, 5.41) is 11.6. The van der Waals surface area contributed by atoms with E-state index in [-0.39, 0.29) is 11.6 Å². The summed E-state index contributed by atoms with van der Waals surface area (Å²) in [6, 6.07) is 5.64. The van der Waals surface area contributed by atoms with E-state index in [1.165, 1.54) is 16.7 Å². The van der Waals surface area contributed by atoms with Gasteiger partial charge in [0.1, 0.15) is 5.15 Å². The molecule has 0 aliphatic heterocycles. The highest BCUT2D eigenvalue weighted by Crippen LogP contribution is 2.33. The summed E-state index contributed by atoms with van der Waals surface area (Å²) in [5.41, 5.74) is 5.60. The average molecular weight is 410 g/mol. The number of aryl methyl sites for hydroxylation is 1. The van der Waals surface area contributed by atoms with Crippen LogP contribution in [0.2, 0.25) is 5.15 Å². The first-order valence-corrected chi connectivity index (χ1v) is 10.8. The van der Waals surface area contributed by atoms with Gasteiger partial charge < -0.3 is 5.11 Å². The van der Waals surface area contributed by atoms with Crippen molar-refractivity contribution in [2.45, 2.75) is 63.5 Å². The van der Waals surface area contributed by atoms with E-state index in [1.54, 1.807) is 23.2 Å². The van der Waals surface area contributed by atoms with Crippen molar-refractivity contribution in [1.29, 1.82) is 0 Å². The topological polar surface area (TPSA) is 68.0 Å². The molecule has 5 nitrogen and oxygen atoms in total. The monoisotopic (exact) mass is 409 g/mol. The third-order valence-corrected chi connectivity index (χ3v) is 6.70. The van der Waals surface area contributed by atoms with Gasteiger partial charge in [0.15, 0.2) is 0 Å². The fraction of sp³-hybridized carbons (Fsp3) is 0.435. The van der Waals surface area contributed by atoms with Crippen molar-refractivity contribution in [2.24, 2.45) is 0 Å². The molecule has 150 valence electrons. The lowest BCUT2D eigenvalue weighted by Gasteiger charge is -2.29. The normalized spacial score (nSPS) is 21.4. The molecule has 6 heteroatoms. The lowest BCUT2D eigenvalue weighted by atomic mass is 9.92. The largest absolute Gasteiger partial charge is 0.391 e. The fourth-order valence-electron chi connectivity index (χ4n) is 5.01. The minimum atomic E-state index is -0.477. The molecule has 3 aromatic rings. The Hall–Kier alpha value is -2.24. The van der Waals surface area contributed by atoms with Gasteiger partial charge in [-0.15, -0.1) is 0 Å². The summed E-state index contributed by atoms with van der Waals surface area (Å²) in [6.07, 6.45) is 10.4. The first-order chi connectivity index (χ1) is 14.1. The molecular weight excluding hydrogens is 386 g/mol. The third kappa shape index (κ3) is 3.36. The fourth-order valence-corrected chi connectivity index (χ4v) is 5.13. The van der Waals surface area contributed by atoms with Crippen LogP contribution < -0.4 is 5.56 Å². The molecule has 1 aromatic carbocycles. The molecule has 29 heavy (non-hydrogen) atoms. The Morgan fingerprint density at radius 2 is 1.93 bits per heavy atom. The van der Waals surface area contributed by atoms with Crippen molar-refractivity contribution in [1.82, 2.24) is 14.5 Å². The van der Waals surface area contributed by atoms with Crippen LogP contribution in [0.1, 0.15) is 60.4 Å². The number of halogens is 1. The summed E-state index contributed by atoms with van der Waals surface area (Å²) >= 11 is 5.93. The first-order valence-electron chi connectivity index (χ1n) is 10.4. The number of nitrogens with zero attached hydrogens (tertiary/aromatic N) is 3. The van der Waals surface area contributed by atoms with Gasteiger partial charge in [0.25, 0.3) is 5.56 Å². The van der Waals surface area contributed by atoms with Crippen molar-refractivity contribution in [3.05, 3.63) is 68.5 Å². The molecule has 2 aromatic heterocycles. The van der Waals surface area contributed by atoms with Crippen LogP contribution in [0.15, 0.2) is 35.5 Å². The number of aliphatic hydroxyl groups excluding tert-OH is 1. The van der Waals surface area contributed by atoms with E-state index in [2.05, 4.69) is 4.98 Å². The lowest BCUT2D eigenvalue weighted by Crippen LogP contribution is -2.34. The summed E-state index contributed by atoms with van der Waals surface area (Å²) < 4.78 is 1.67. The molecular formula is C23H24ClN3O2. The molecule has 0 unspecified atom stereocenters. The molecule has 1 N–H and O–H groups in total. The van der Waals surface area contributed by atoms with Crippen LogP contribution in [-0.4, -0.2) is 25.7 Å². The van der Waals surface area contributed by atoms with Crippen molar-refractivity contribution in [3.8, 4) is 0 Å². The number of rotatable bonds is 3. The summed E-state index contributed by atoms with van der Waals surface area (Å²) in [5.74, 6) is 0. The summed E-state index contributed by atoms with van der Waals surface area (Å²) in [6.45, 7) is 0. The number of fused-ring (bicyclic) bond motifs is 3. The van der Waals surface area contributed by atoms with E-state index in [4.69, 9.17) is 16.6 Å². The van der Waals surface area contributed by atoms with Gasteiger partial charge in [0.2, 0.25) is 0 Å². The van der Waals surface area contributed by atoms with Crippen molar-refractivity contribution < 1.29 is 5.11 Å². The molecule has 1 fully saturated rings. The second-order valence-electron chi connectivity index (χ2n) is 8.28. The minimum Gasteiger partial charge on any atom is -0.391 e. The maximum Gasteiger partial charge on any atom is 0.261 e. The Labute approximate surface area is 174 Å². The van der Waals surface area contributed by atoms with Crippen LogP contribution >= 0.6 is 11.6 Å². The van der Waals surface area contributed by atoms with Gasteiger partial charge >= 0.3 is 0 Å². The molecule has 2 atom stereocenters. The predicted molar refractivity (Wildman–Crippen MR) is 114 cm³/mol. The predicted octanol–water partition coefficient (Wildman–Crippen LogP) is 4.00. The van der Waals surface area contributed by atoms with Gasteiger partial charge in [-0.3, -0.25) is 9.36 Å². The molecule has 0 radical (unpaired) electrons. The number of benzene rings is 1. The Morgan fingerprint density at radius 3 is 2.72 bits per heavy atom. The van der Waals surface area contributed by atoms with Gasteiger partial charge in [-0.05, 0) is 72.9 Å². The Bertz CT molecular complexity index is 1120. The highest BCUT2D eigenvalue weighted by molar-refractivity contribution is 6.29. The van der Waals surface area contributed by atoms with Crippen LogP contribution in [-0.2, 0) is 19.3 Å². The number of pyridine rings is 1. The second-order valence-corrected chi connectivity index (χ2v) is 8.67. The molecule has 2 heterocycles. The zero-order chi connectivity index (χ0) is 20.0. The first kappa shape index (κ1) is 18.8. The molecule has 2 aliphatic rings. The van der Waals surface area contributed by atoms with Crippen LogP contribution in [0, 0.1) is 0 Å².